The van der Waals surface area contributed by atoms with Crippen LogP contribution in [0.15, 0.2) is 127 Å². The summed E-state index contributed by atoms with van der Waals surface area (Å²) >= 11 is 9.48. The van der Waals surface area contributed by atoms with Crippen LogP contribution in [0.1, 0.15) is 173 Å². The van der Waals surface area contributed by atoms with Crippen LogP contribution in [0.4, 0.5) is 0 Å². The highest BCUT2D eigenvalue weighted by atomic mass is 79.9. The number of hydrogen-bond donors (Lipinski definition) is 3. The van der Waals surface area contributed by atoms with E-state index in [2.05, 4.69) is 70.3 Å². The zero-order valence-corrected chi connectivity index (χ0v) is 69.9. The van der Waals surface area contributed by atoms with Crippen LogP contribution in [0.2, 0.25) is 24.2 Å². The fourth-order valence-electron chi connectivity index (χ4n) is 12.4. The molecule has 0 aliphatic heterocycles. The average Bonchev–Trinajstić information content (AvgIpc) is 1.63. The number of thioether (sulfide) groups is 1. The predicted octanol–water partition coefficient (Wildman–Crippen LogP) is 17.5. The Morgan fingerprint density at radius 3 is 0.980 bits per heavy atom. The normalized spacial score (nSPS) is 12.6. The fraction of sp³-hybridized carbons (Fsp3) is 0.500. The van der Waals surface area contributed by atoms with Gasteiger partial charge in [0.2, 0.25) is 0 Å². The number of carbonyl (C=O) groups excluding carboxylic acids is 3. The van der Waals surface area contributed by atoms with Crippen molar-refractivity contribution in [3.8, 4) is 33.4 Å². The zero-order chi connectivity index (χ0) is 74.2. The Morgan fingerprint density at radius 1 is 0.363 bits per heavy atom. The molecular weight excluding hydrogens is 1460 g/mol. The van der Waals surface area contributed by atoms with Gasteiger partial charge in [-0.1, -0.05) is 125 Å². The van der Waals surface area contributed by atoms with Gasteiger partial charge < -0.3 is 64.2 Å². The van der Waals surface area contributed by atoms with Crippen molar-refractivity contribution < 1.29 is 67.5 Å². The summed E-state index contributed by atoms with van der Waals surface area (Å²) in [7, 11) is -9.87. The number of halogens is 1. The van der Waals surface area contributed by atoms with E-state index in [9.17, 15) is 14.4 Å². The number of thiol groups is 1. The van der Waals surface area contributed by atoms with Crippen LogP contribution in [0.3, 0.4) is 0 Å². The molecule has 0 saturated heterocycles. The first-order valence-electron chi connectivity index (χ1n) is 36.7. The standard InChI is InChI=1S/C23H31NO4Si.C23H30O4SSi.C14H9BrO.C9H23NO3Si.C9H22O3SSi/c1-4-26-29(27-5-2,28-6-3)15-9-14-24-17-18-12-13-20-19-10-7-8-11-21(19)23(25)22(20)16-18;1-4-25-29(26-5-2,27-6-3)15-9-14-28-17-18-12-13-20-19-10-7-8-11-21(19)23(24)22(20)16-18;15-8-9-5-6-11-10-3-1-2-4-12(10)14(16)13(11)7-9;1-4-11-14(12-5-2,13-6-3)9-7-8-10;1-4-10-14(11-5-2,12-6-3)9-7-8-13/h7-8,10-13,16,24H,4-6,9,14-15,17H2,1-3H3;7-8,10-13,16H,4-6,9,14-15,17H2,1-3H3;1-7H,8H2;4-10H2,1-3H3;13H,4-9H2,1-3H3. The lowest BCUT2D eigenvalue weighted by atomic mass is 10.0. The predicted molar refractivity (Wildman–Crippen MR) is 430 cm³/mol. The number of rotatable bonds is 43. The summed E-state index contributed by atoms with van der Waals surface area (Å²) < 4.78 is 69.4. The van der Waals surface area contributed by atoms with Gasteiger partial charge in [-0.25, -0.2) is 0 Å². The van der Waals surface area contributed by atoms with Crippen molar-refractivity contribution in [2.45, 2.75) is 151 Å². The molecule has 0 atom stereocenters. The lowest BCUT2D eigenvalue weighted by Crippen LogP contribution is -2.46. The smallest absolute Gasteiger partial charge is 0.374 e. The van der Waals surface area contributed by atoms with Crippen LogP contribution >= 0.6 is 40.3 Å². The van der Waals surface area contributed by atoms with Crippen molar-refractivity contribution in [1.82, 2.24) is 5.32 Å². The molecule has 0 heterocycles. The van der Waals surface area contributed by atoms with Gasteiger partial charge in [-0.05, 0) is 202 Å². The summed E-state index contributed by atoms with van der Waals surface area (Å²) in [5, 5.41) is 4.25. The van der Waals surface area contributed by atoms with Gasteiger partial charge in [-0.2, -0.15) is 24.4 Å². The van der Waals surface area contributed by atoms with Gasteiger partial charge >= 0.3 is 35.2 Å². The van der Waals surface area contributed by atoms with Crippen LogP contribution in [-0.4, -0.2) is 156 Å². The minimum Gasteiger partial charge on any atom is -0.374 e. The SMILES string of the molecule is CCO[Si](CCCN)(OCC)OCC.CCO[Si](CCCNCc1ccc2c(c1)C(=O)c1ccccc1-2)(OCC)OCC.CCO[Si](CCCS)(OCC)OCC.CCO[Si](CCCSCc1ccc2c(c1)C(=O)c1ccccc1-2)(OCC)OCC.O=C1c2ccccc2-c2ccc(CBr)cc21. The molecule has 0 spiro atoms. The number of nitrogens with one attached hydrogen (secondary N) is 1. The van der Waals surface area contributed by atoms with Crippen LogP contribution in [0.25, 0.3) is 33.4 Å². The number of alkyl halides is 1. The molecule has 0 aromatic heterocycles. The molecule has 0 amide bonds. The van der Waals surface area contributed by atoms with Crippen molar-refractivity contribution in [3.63, 3.8) is 0 Å². The number of nitrogens with two attached hydrogens (primary N) is 1. The van der Waals surface area contributed by atoms with E-state index < -0.39 is 35.2 Å². The molecule has 9 rings (SSSR count). The molecule has 24 heteroatoms. The molecule has 562 valence electrons. The fourth-order valence-corrected chi connectivity index (χ4v) is 24.8. The summed E-state index contributed by atoms with van der Waals surface area (Å²) in [5.41, 5.74) is 20.1. The van der Waals surface area contributed by atoms with E-state index >= 15 is 0 Å². The monoisotopic (exact) mass is 1570 g/mol. The van der Waals surface area contributed by atoms with E-state index in [4.69, 9.17) is 58.8 Å². The molecule has 0 saturated carbocycles. The van der Waals surface area contributed by atoms with Crippen LogP contribution in [0, 0.1) is 0 Å². The van der Waals surface area contributed by atoms with Gasteiger partial charge in [0.25, 0.3) is 0 Å². The molecule has 0 unspecified atom stereocenters. The molecule has 6 aromatic carbocycles. The van der Waals surface area contributed by atoms with Crippen molar-refractivity contribution in [2.75, 3.05) is 104 Å². The molecule has 3 aliphatic carbocycles. The number of hydrogen-bond acceptors (Lipinski definition) is 19. The van der Waals surface area contributed by atoms with Crippen molar-refractivity contribution >= 4 is 92.9 Å². The summed E-state index contributed by atoms with van der Waals surface area (Å²) in [6.45, 7) is 33.4. The molecular formula is C78H115BrN2O15S2Si4. The number of carbonyl (C=O) groups is 3. The number of fused-ring (bicyclic) bond motifs is 9. The van der Waals surface area contributed by atoms with E-state index in [0.29, 0.717) is 85.8 Å². The Bertz CT molecular complexity index is 3230. The maximum Gasteiger partial charge on any atom is 0.500 e. The van der Waals surface area contributed by atoms with E-state index in [1.807, 2.05) is 186 Å². The molecule has 102 heavy (non-hydrogen) atoms. The molecule has 17 nitrogen and oxygen atoms in total. The van der Waals surface area contributed by atoms with E-state index in [-0.39, 0.29) is 17.3 Å². The maximum atomic E-state index is 12.7. The van der Waals surface area contributed by atoms with Gasteiger partial charge in [0.1, 0.15) is 0 Å². The van der Waals surface area contributed by atoms with E-state index in [1.165, 1.54) is 5.56 Å². The van der Waals surface area contributed by atoms with Crippen LogP contribution in [-0.2, 0) is 70.7 Å². The first-order chi connectivity index (χ1) is 49.6. The summed E-state index contributed by atoms with van der Waals surface area (Å²) in [5.74, 6) is 3.16. The number of benzene rings is 6. The van der Waals surface area contributed by atoms with Gasteiger partial charge in [0.05, 0.1) is 0 Å². The van der Waals surface area contributed by atoms with Crippen LogP contribution in [0.5, 0.6) is 0 Å². The molecule has 0 bridgehead atoms. The Morgan fingerprint density at radius 2 is 0.647 bits per heavy atom. The van der Waals surface area contributed by atoms with Crippen molar-refractivity contribution in [2.24, 2.45) is 5.73 Å². The highest BCUT2D eigenvalue weighted by Gasteiger charge is 2.43. The van der Waals surface area contributed by atoms with E-state index in [0.717, 1.165) is 163 Å². The van der Waals surface area contributed by atoms with E-state index in [1.54, 1.807) is 0 Å². The lowest BCUT2D eigenvalue weighted by Gasteiger charge is -2.28. The summed E-state index contributed by atoms with van der Waals surface area (Å²) in [6.07, 6.45) is 3.79. The Balaban J connectivity index is 0.000000239. The molecule has 0 fully saturated rings. The molecule has 3 aliphatic rings. The van der Waals surface area contributed by atoms with Crippen LogP contribution < -0.4 is 11.1 Å². The van der Waals surface area contributed by atoms with Gasteiger partial charge in [-0.3, -0.25) is 14.4 Å². The second kappa shape index (κ2) is 48.2. The van der Waals surface area contributed by atoms with Crippen molar-refractivity contribution in [1.29, 1.82) is 0 Å². The minimum atomic E-state index is -2.57. The second-order valence-electron chi connectivity index (χ2n) is 23.5. The summed E-state index contributed by atoms with van der Waals surface area (Å²) in [4.78, 5) is 37.5. The van der Waals surface area contributed by atoms with Gasteiger partial charge in [0.15, 0.2) is 17.3 Å². The highest BCUT2D eigenvalue weighted by Crippen LogP contribution is 2.40. The number of ketones is 3. The van der Waals surface area contributed by atoms with Crippen molar-refractivity contribution in [3.05, 3.63) is 177 Å². The average molecular weight is 1580 g/mol. The summed E-state index contributed by atoms with van der Waals surface area (Å²) in [6, 6.07) is 45.3. The maximum absolute atomic E-state index is 12.7. The second-order valence-corrected chi connectivity index (χ2v) is 36.5. The Hall–Kier alpha value is -4.18. The minimum absolute atomic E-state index is 0.123. The molecule has 3 N–H and O–H groups in total. The van der Waals surface area contributed by atoms with Gasteiger partial charge in [0, 0.05) is 154 Å². The Labute approximate surface area is 632 Å². The Kier molecular flexibility index (Phi) is 41.8. The van der Waals surface area contributed by atoms with Gasteiger partial charge in [-0.15, -0.1) is 0 Å². The largest absolute Gasteiger partial charge is 0.500 e. The topological polar surface area (TPSA) is 200 Å². The quantitative estimate of drug-likeness (QED) is 0.0141. The third kappa shape index (κ3) is 26.1. The lowest BCUT2D eigenvalue weighted by molar-refractivity contribution is 0.0701. The first kappa shape index (κ1) is 88.4. The third-order valence-electron chi connectivity index (χ3n) is 16.4. The molecule has 0 radical (unpaired) electrons. The first-order valence-corrected chi connectivity index (χ1v) is 47.3. The molecule has 6 aromatic rings. The third-order valence-corrected chi connectivity index (χ3v) is 31.1. The highest BCUT2D eigenvalue weighted by molar-refractivity contribution is 9.08. The zero-order valence-electron chi connectivity index (χ0n) is 62.7.